The summed E-state index contributed by atoms with van der Waals surface area (Å²) in [5, 5.41) is 0. The minimum atomic E-state index is 1.14. The lowest BCUT2D eigenvalue weighted by atomic mass is 10.1. The van der Waals surface area contributed by atoms with Crippen molar-refractivity contribution in [2.75, 3.05) is 0 Å². The third kappa shape index (κ3) is 3.91. The van der Waals surface area contributed by atoms with Crippen LogP contribution in [0.3, 0.4) is 0 Å². The Labute approximate surface area is 87.6 Å². The van der Waals surface area contributed by atoms with E-state index in [4.69, 9.17) is 0 Å². The van der Waals surface area contributed by atoms with Crippen LogP contribution >= 0.6 is 0 Å². The first-order valence-electron chi connectivity index (χ1n) is 5.80. The van der Waals surface area contributed by atoms with Gasteiger partial charge in [0, 0.05) is 11.9 Å². The van der Waals surface area contributed by atoms with Crippen molar-refractivity contribution in [3.8, 4) is 0 Å². The number of pyridine rings is 1. The van der Waals surface area contributed by atoms with Gasteiger partial charge in [0.2, 0.25) is 0 Å². The maximum absolute atomic E-state index is 4.39. The summed E-state index contributed by atoms with van der Waals surface area (Å²) in [6, 6.07) is 4.39. The van der Waals surface area contributed by atoms with E-state index in [0.717, 1.165) is 6.42 Å². The Morgan fingerprint density at radius 1 is 1.07 bits per heavy atom. The highest BCUT2D eigenvalue weighted by atomic mass is 14.7. The van der Waals surface area contributed by atoms with E-state index < -0.39 is 0 Å². The van der Waals surface area contributed by atoms with Crippen LogP contribution in [0, 0.1) is 0 Å². The van der Waals surface area contributed by atoms with Crippen LogP contribution in [0.4, 0.5) is 0 Å². The molecule has 0 saturated carbocycles. The van der Waals surface area contributed by atoms with Crippen LogP contribution in [0.2, 0.25) is 0 Å². The Morgan fingerprint density at radius 2 is 1.93 bits per heavy atom. The molecule has 0 aliphatic rings. The molecular weight excluding hydrogens is 170 g/mol. The van der Waals surface area contributed by atoms with Crippen LogP contribution < -0.4 is 0 Å². The van der Waals surface area contributed by atoms with Gasteiger partial charge < -0.3 is 0 Å². The fraction of sp³-hybridized carbons (Fsp3) is 0.615. The summed E-state index contributed by atoms with van der Waals surface area (Å²) in [5.74, 6) is 0. The molecule has 78 valence electrons. The molecule has 0 atom stereocenters. The first kappa shape index (κ1) is 11.2. The van der Waals surface area contributed by atoms with E-state index in [1.807, 2.05) is 6.20 Å². The standard InChI is InChI=1S/C13H21N/c1-3-5-6-8-13-11-12(7-4-2)9-10-14-13/h9-11H,3-8H2,1-2H3. The van der Waals surface area contributed by atoms with Crippen molar-refractivity contribution in [2.45, 2.75) is 52.4 Å². The Bertz CT molecular complexity index is 255. The van der Waals surface area contributed by atoms with Gasteiger partial charge in [-0.3, -0.25) is 4.98 Å². The second kappa shape index (κ2) is 6.58. The highest BCUT2D eigenvalue weighted by molar-refractivity contribution is 5.16. The molecule has 1 aromatic rings. The average Bonchev–Trinajstić information content (AvgIpc) is 2.19. The minimum Gasteiger partial charge on any atom is -0.261 e. The molecule has 1 nitrogen and oxygen atoms in total. The predicted molar refractivity (Wildman–Crippen MR) is 61.5 cm³/mol. The molecular formula is C13H21N. The van der Waals surface area contributed by atoms with Gasteiger partial charge in [-0.05, 0) is 37.0 Å². The van der Waals surface area contributed by atoms with Crippen LogP contribution in [0.15, 0.2) is 18.3 Å². The average molecular weight is 191 g/mol. The fourth-order valence-electron chi connectivity index (χ4n) is 1.67. The normalized spacial score (nSPS) is 10.4. The van der Waals surface area contributed by atoms with E-state index in [1.165, 1.54) is 43.4 Å². The van der Waals surface area contributed by atoms with Crippen molar-refractivity contribution < 1.29 is 0 Å². The number of aromatic nitrogens is 1. The summed E-state index contributed by atoms with van der Waals surface area (Å²) < 4.78 is 0. The number of aryl methyl sites for hydroxylation is 2. The summed E-state index contributed by atoms with van der Waals surface area (Å²) in [6.07, 6.45) is 9.38. The van der Waals surface area contributed by atoms with Crippen molar-refractivity contribution >= 4 is 0 Å². The molecule has 1 heteroatoms. The molecule has 1 aromatic heterocycles. The number of hydrogen-bond acceptors (Lipinski definition) is 1. The molecule has 0 N–H and O–H groups in total. The lowest BCUT2D eigenvalue weighted by molar-refractivity contribution is 0.706. The Kier molecular flexibility index (Phi) is 5.28. The molecule has 0 spiro atoms. The molecule has 0 fully saturated rings. The van der Waals surface area contributed by atoms with Crippen LogP contribution in [-0.4, -0.2) is 4.98 Å². The molecule has 0 aliphatic carbocycles. The maximum Gasteiger partial charge on any atom is 0.0406 e. The molecule has 0 bridgehead atoms. The second-order valence-corrected chi connectivity index (χ2v) is 3.86. The molecule has 1 heterocycles. The van der Waals surface area contributed by atoms with E-state index >= 15 is 0 Å². The Balaban J connectivity index is 2.46. The van der Waals surface area contributed by atoms with Gasteiger partial charge in [0.1, 0.15) is 0 Å². The zero-order chi connectivity index (χ0) is 10.2. The smallest absolute Gasteiger partial charge is 0.0406 e. The second-order valence-electron chi connectivity index (χ2n) is 3.86. The molecule has 0 unspecified atom stereocenters. The van der Waals surface area contributed by atoms with Crippen molar-refractivity contribution in [1.82, 2.24) is 4.98 Å². The number of rotatable bonds is 6. The molecule has 0 aliphatic heterocycles. The molecule has 14 heavy (non-hydrogen) atoms. The highest BCUT2D eigenvalue weighted by Gasteiger charge is 1.96. The molecule has 0 saturated heterocycles. The lowest BCUT2D eigenvalue weighted by Gasteiger charge is -2.02. The monoisotopic (exact) mass is 191 g/mol. The van der Waals surface area contributed by atoms with E-state index in [9.17, 15) is 0 Å². The van der Waals surface area contributed by atoms with Crippen LogP contribution in [0.5, 0.6) is 0 Å². The van der Waals surface area contributed by atoms with Gasteiger partial charge in [0.05, 0.1) is 0 Å². The first-order chi connectivity index (χ1) is 6.86. The van der Waals surface area contributed by atoms with Gasteiger partial charge in [-0.25, -0.2) is 0 Å². The topological polar surface area (TPSA) is 12.9 Å². The van der Waals surface area contributed by atoms with Crippen molar-refractivity contribution in [3.63, 3.8) is 0 Å². The first-order valence-corrected chi connectivity index (χ1v) is 5.80. The van der Waals surface area contributed by atoms with Crippen molar-refractivity contribution in [1.29, 1.82) is 0 Å². The van der Waals surface area contributed by atoms with Gasteiger partial charge in [-0.15, -0.1) is 0 Å². The summed E-state index contributed by atoms with van der Waals surface area (Å²) in [7, 11) is 0. The van der Waals surface area contributed by atoms with Gasteiger partial charge >= 0.3 is 0 Å². The largest absolute Gasteiger partial charge is 0.261 e. The quantitative estimate of drug-likeness (QED) is 0.624. The Morgan fingerprint density at radius 3 is 2.64 bits per heavy atom. The van der Waals surface area contributed by atoms with Crippen molar-refractivity contribution in [3.05, 3.63) is 29.6 Å². The molecule has 1 rings (SSSR count). The van der Waals surface area contributed by atoms with Crippen LogP contribution in [0.25, 0.3) is 0 Å². The Hall–Kier alpha value is -0.850. The summed E-state index contributed by atoms with van der Waals surface area (Å²) >= 11 is 0. The van der Waals surface area contributed by atoms with Gasteiger partial charge in [-0.2, -0.15) is 0 Å². The number of nitrogens with zero attached hydrogens (tertiary/aromatic N) is 1. The van der Waals surface area contributed by atoms with Gasteiger partial charge in [-0.1, -0.05) is 33.1 Å². The summed E-state index contributed by atoms with van der Waals surface area (Å²) in [6.45, 7) is 4.46. The van der Waals surface area contributed by atoms with E-state index in [-0.39, 0.29) is 0 Å². The number of unbranched alkanes of at least 4 members (excludes halogenated alkanes) is 2. The van der Waals surface area contributed by atoms with Crippen LogP contribution in [-0.2, 0) is 12.8 Å². The van der Waals surface area contributed by atoms with E-state index in [0.29, 0.717) is 0 Å². The van der Waals surface area contributed by atoms with Gasteiger partial charge in [0.25, 0.3) is 0 Å². The lowest BCUT2D eigenvalue weighted by Crippen LogP contribution is -1.92. The zero-order valence-corrected chi connectivity index (χ0v) is 9.42. The van der Waals surface area contributed by atoms with Crippen molar-refractivity contribution in [2.24, 2.45) is 0 Å². The van der Waals surface area contributed by atoms with Crippen LogP contribution in [0.1, 0.15) is 50.8 Å². The minimum absolute atomic E-state index is 1.14. The highest BCUT2D eigenvalue weighted by Crippen LogP contribution is 2.08. The predicted octanol–water partition coefficient (Wildman–Crippen LogP) is 3.77. The fourth-order valence-corrected chi connectivity index (χ4v) is 1.67. The SMILES string of the molecule is CCCCCc1cc(CCC)ccn1. The summed E-state index contributed by atoms with van der Waals surface area (Å²) in [5.41, 5.74) is 2.71. The summed E-state index contributed by atoms with van der Waals surface area (Å²) in [4.78, 5) is 4.39. The van der Waals surface area contributed by atoms with E-state index in [1.54, 1.807) is 0 Å². The zero-order valence-electron chi connectivity index (χ0n) is 9.42. The number of hydrogen-bond donors (Lipinski definition) is 0. The van der Waals surface area contributed by atoms with Gasteiger partial charge in [0.15, 0.2) is 0 Å². The molecule has 0 amide bonds. The maximum atomic E-state index is 4.39. The van der Waals surface area contributed by atoms with E-state index in [2.05, 4.69) is 31.0 Å². The molecule has 0 aromatic carbocycles. The molecule has 0 radical (unpaired) electrons. The third-order valence-electron chi connectivity index (χ3n) is 2.46. The third-order valence-corrected chi connectivity index (χ3v) is 2.46.